The lowest BCUT2D eigenvalue weighted by molar-refractivity contribution is -0.142. The third-order valence-corrected chi connectivity index (χ3v) is 1.95. The molecular formula is C11H14N2O4. The smallest absolute Gasteiger partial charge is 0.356 e. The van der Waals surface area contributed by atoms with Crippen molar-refractivity contribution in [2.24, 2.45) is 0 Å². The maximum absolute atomic E-state index is 11.3. The Balaban J connectivity index is 2.62. The molecule has 0 bridgehead atoms. The van der Waals surface area contributed by atoms with Gasteiger partial charge in [-0.15, -0.1) is 0 Å². The molecule has 0 amide bonds. The number of methoxy groups -OCH3 is 1. The molecule has 0 radical (unpaired) electrons. The summed E-state index contributed by atoms with van der Waals surface area (Å²) < 4.78 is 9.32. The van der Waals surface area contributed by atoms with E-state index < -0.39 is 5.97 Å². The van der Waals surface area contributed by atoms with E-state index in [1.807, 2.05) is 0 Å². The number of carbonyl (C=O) groups is 2. The lowest BCUT2D eigenvalue weighted by Crippen LogP contribution is -2.03. The average molecular weight is 238 g/mol. The predicted molar refractivity (Wildman–Crippen MR) is 60.2 cm³/mol. The van der Waals surface area contributed by atoms with Crippen molar-refractivity contribution in [2.45, 2.75) is 13.3 Å². The Kier molecular flexibility index (Phi) is 4.93. The molecule has 0 saturated heterocycles. The van der Waals surface area contributed by atoms with Crippen molar-refractivity contribution in [1.82, 2.24) is 10.2 Å². The number of nitrogens with one attached hydrogen (secondary N) is 1. The Labute approximate surface area is 98.6 Å². The van der Waals surface area contributed by atoms with Gasteiger partial charge in [0, 0.05) is 5.56 Å². The van der Waals surface area contributed by atoms with Crippen molar-refractivity contribution in [1.29, 1.82) is 0 Å². The van der Waals surface area contributed by atoms with Gasteiger partial charge in [-0.05, 0) is 6.92 Å². The second kappa shape index (κ2) is 6.47. The van der Waals surface area contributed by atoms with Crippen LogP contribution in [0.5, 0.6) is 0 Å². The van der Waals surface area contributed by atoms with Crippen molar-refractivity contribution < 1.29 is 19.1 Å². The summed E-state index contributed by atoms with van der Waals surface area (Å²) in [4.78, 5) is 22.3. The number of aromatic amines is 1. The zero-order valence-corrected chi connectivity index (χ0v) is 9.73. The molecule has 17 heavy (non-hydrogen) atoms. The fourth-order valence-corrected chi connectivity index (χ4v) is 1.19. The van der Waals surface area contributed by atoms with Crippen LogP contribution in [0.3, 0.4) is 0 Å². The molecule has 0 saturated carbocycles. The van der Waals surface area contributed by atoms with E-state index in [9.17, 15) is 9.59 Å². The fraction of sp³-hybridized carbons (Fsp3) is 0.364. The zero-order chi connectivity index (χ0) is 12.7. The second-order valence-electron chi connectivity index (χ2n) is 3.10. The van der Waals surface area contributed by atoms with E-state index >= 15 is 0 Å². The van der Waals surface area contributed by atoms with E-state index in [0.29, 0.717) is 12.2 Å². The van der Waals surface area contributed by atoms with Gasteiger partial charge in [-0.1, -0.05) is 12.2 Å². The van der Waals surface area contributed by atoms with E-state index in [2.05, 4.69) is 14.9 Å². The first kappa shape index (κ1) is 13.0. The van der Waals surface area contributed by atoms with Crippen LogP contribution in [0.25, 0.3) is 6.08 Å². The molecule has 0 unspecified atom stereocenters. The predicted octanol–water partition coefficient (Wildman–Crippen LogP) is 1.16. The van der Waals surface area contributed by atoms with Crippen LogP contribution < -0.4 is 0 Å². The van der Waals surface area contributed by atoms with Gasteiger partial charge < -0.3 is 9.47 Å². The highest BCUT2D eigenvalue weighted by Gasteiger charge is 2.11. The highest BCUT2D eigenvalue weighted by molar-refractivity contribution is 5.91. The number of hydrogen-bond acceptors (Lipinski definition) is 5. The number of nitrogens with zero attached hydrogens (tertiary/aromatic N) is 1. The number of rotatable bonds is 5. The molecule has 1 N–H and O–H groups in total. The number of aromatic nitrogens is 2. The summed E-state index contributed by atoms with van der Waals surface area (Å²) in [6.07, 6.45) is 4.86. The van der Waals surface area contributed by atoms with Gasteiger partial charge in [0.25, 0.3) is 0 Å². The third-order valence-electron chi connectivity index (χ3n) is 1.95. The second-order valence-corrected chi connectivity index (χ2v) is 3.10. The van der Waals surface area contributed by atoms with Crippen molar-refractivity contribution >= 4 is 18.0 Å². The molecule has 0 aliphatic heterocycles. The van der Waals surface area contributed by atoms with Gasteiger partial charge in [0.1, 0.15) is 0 Å². The van der Waals surface area contributed by atoms with Crippen molar-refractivity contribution in [3.63, 3.8) is 0 Å². The van der Waals surface area contributed by atoms with Gasteiger partial charge in [0.2, 0.25) is 0 Å². The first-order valence-corrected chi connectivity index (χ1v) is 5.12. The minimum absolute atomic E-state index is 0.152. The van der Waals surface area contributed by atoms with Crippen LogP contribution in [0, 0.1) is 0 Å². The first-order valence-electron chi connectivity index (χ1n) is 5.12. The quantitative estimate of drug-likeness (QED) is 0.778. The molecule has 0 aliphatic rings. The van der Waals surface area contributed by atoms with Crippen LogP contribution >= 0.6 is 0 Å². The highest BCUT2D eigenvalue weighted by Crippen LogP contribution is 2.08. The maximum atomic E-state index is 11.3. The molecule has 1 rings (SSSR count). The molecule has 1 aromatic heterocycles. The molecule has 0 fully saturated rings. The number of H-pyrrole nitrogens is 1. The van der Waals surface area contributed by atoms with Crippen LogP contribution in [-0.2, 0) is 14.3 Å². The lowest BCUT2D eigenvalue weighted by Gasteiger charge is -1.97. The number of carbonyl (C=O) groups excluding carboxylic acids is 2. The molecule has 92 valence electrons. The molecule has 6 heteroatoms. The number of hydrogen-bond donors (Lipinski definition) is 1. The van der Waals surface area contributed by atoms with E-state index in [1.165, 1.54) is 13.3 Å². The van der Waals surface area contributed by atoms with E-state index in [1.54, 1.807) is 19.1 Å². The molecule has 1 aromatic rings. The van der Waals surface area contributed by atoms with Gasteiger partial charge in [-0.25, -0.2) is 4.79 Å². The molecule has 0 aromatic carbocycles. The minimum Gasteiger partial charge on any atom is -0.466 e. The standard InChI is InChI=1S/C11H14N2O4/c1-3-17-9(14)6-4-5-8-7-12-13-10(8)11(15)16-2/h4-5,7H,3,6H2,1-2H3,(H,12,13). The van der Waals surface area contributed by atoms with E-state index in [4.69, 9.17) is 4.74 Å². The van der Waals surface area contributed by atoms with Crippen LogP contribution in [-0.4, -0.2) is 35.9 Å². The summed E-state index contributed by atoms with van der Waals surface area (Å²) in [5.74, 6) is -0.815. The minimum atomic E-state index is -0.502. The van der Waals surface area contributed by atoms with Crippen molar-refractivity contribution in [2.75, 3.05) is 13.7 Å². The first-order chi connectivity index (χ1) is 8.19. The SMILES string of the molecule is CCOC(=O)CC=Cc1cn[nH]c1C(=O)OC. The van der Waals surface area contributed by atoms with Gasteiger partial charge in [0.05, 0.1) is 26.3 Å². The summed E-state index contributed by atoms with van der Waals surface area (Å²) in [5.41, 5.74) is 0.828. The van der Waals surface area contributed by atoms with Gasteiger partial charge >= 0.3 is 11.9 Å². The van der Waals surface area contributed by atoms with Crippen LogP contribution in [0.4, 0.5) is 0 Å². The average Bonchev–Trinajstić information content (AvgIpc) is 2.77. The van der Waals surface area contributed by atoms with Crippen LogP contribution in [0.2, 0.25) is 0 Å². The largest absolute Gasteiger partial charge is 0.466 e. The number of ether oxygens (including phenoxy) is 2. The molecule has 0 aliphatic carbocycles. The Morgan fingerprint density at radius 1 is 1.53 bits per heavy atom. The third kappa shape index (κ3) is 3.75. The summed E-state index contributed by atoms with van der Waals surface area (Å²) in [6, 6.07) is 0. The summed E-state index contributed by atoms with van der Waals surface area (Å²) in [5, 5.41) is 6.26. The lowest BCUT2D eigenvalue weighted by atomic mass is 10.2. The normalized spacial score (nSPS) is 10.5. The van der Waals surface area contributed by atoms with Gasteiger partial charge in [-0.2, -0.15) is 5.10 Å². The molecule has 1 heterocycles. The van der Waals surface area contributed by atoms with Crippen molar-refractivity contribution in [3.8, 4) is 0 Å². The van der Waals surface area contributed by atoms with Crippen LogP contribution in [0.1, 0.15) is 29.4 Å². The Morgan fingerprint density at radius 2 is 2.29 bits per heavy atom. The molecule has 6 nitrogen and oxygen atoms in total. The van der Waals surface area contributed by atoms with Crippen LogP contribution in [0.15, 0.2) is 12.3 Å². The van der Waals surface area contributed by atoms with Gasteiger partial charge in [0.15, 0.2) is 5.69 Å². The van der Waals surface area contributed by atoms with Gasteiger partial charge in [-0.3, -0.25) is 9.89 Å². The summed E-state index contributed by atoms with van der Waals surface area (Å²) in [7, 11) is 1.29. The molecule has 0 atom stereocenters. The summed E-state index contributed by atoms with van der Waals surface area (Å²) in [6.45, 7) is 2.10. The van der Waals surface area contributed by atoms with E-state index in [-0.39, 0.29) is 18.1 Å². The Bertz CT molecular complexity index is 423. The number of esters is 2. The fourth-order valence-electron chi connectivity index (χ4n) is 1.19. The Hall–Kier alpha value is -2.11. The monoisotopic (exact) mass is 238 g/mol. The topological polar surface area (TPSA) is 81.3 Å². The molecule has 0 spiro atoms. The maximum Gasteiger partial charge on any atom is 0.356 e. The van der Waals surface area contributed by atoms with E-state index in [0.717, 1.165) is 0 Å². The highest BCUT2D eigenvalue weighted by atomic mass is 16.5. The molecular weight excluding hydrogens is 224 g/mol. The Morgan fingerprint density at radius 3 is 2.94 bits per heavy atom. The zero-order valence-electron chi connectivity index (χ0n) is 9.73. The van der Waals surface area contributed by atoms with Crippen molar-refractivity contribution in [3.05, 3.63) is 23.5 Å². The summed E-state index contributed by atoms with van der Waals surface area (Å²) >= 11 is 0.